The molecule has 0 spiro atoms. The molecule has 0 saturated carbocycles. The minimum atomic E-state index is -0.811. The number of nitrogens with zero attached hydrogens (tertiary/aromatic N) is 2. The molecule has 0 amide bonds. The van der Waals surface area contributed by atoms with Gasteiger partial charge in [-0.15, -0.1) is 0 Å². The van der Waals surface area contributed by atoms with Crippen LogP contribution < -0.4 is 0 Å². The average Bonchev–Trinajstić information content (AvgIpc) is 3.05. The zero-order valence-corrected chi connectivity index (χ0v) is 24.7. The van der Waals surface area contributed by atoms with E-state index in [-0.39, 0.29) is 23.8 Å². The summed E-state index contributed by atoms with van der Waals surface area (Å²) in [5.74, 6) is -0.679. The summed E-state index contributed by atoms with van der Waals surface area (Å²) >= 11 is 0. The maximum absolute atomic E-state index is 13.3. The number of aliphatic hydroxyl groups excluding tert-OH is 2. The Morgan fingerprint density at radius 2 is 1.00 bits per heavy atom. The molecule has 2 saturated heterocycles. The Morgan fingerprint density at radius 1 is 0.591 bits per heavy atom. The molecule has 4 atom stereocenters. The normalized spacial score (nSPS) is 20.7. The number of rotatable bonds is 8. The molecule has 6 nitrogen and oxygen atoms in total. The molecule has 8 heteroatoms. The fourth-order valence-corrected chi connectivity index (χ4v) is 5.63. The van der Waals surface area contributed by atoms with Gasteiger partial charge in [-0.3, -0.25) is 9.80 Å². The fraction of sp³-hybridized carbons (Fsp3) is 0.333. The molecular formula is C36H40F2N2O4. The quantitative estimate of drug-likeness (QED) is 0.277. The van der Waals surface area contributed by atoms with Crippen LogP contribution in [0, 0.1) is 11.6 Å². The number of morpholine rings is 2. The summed E-state index contributed by atoms with van der Waals surface area (Å²) in [6.45, 7) is 5.74. The van der Waals surface area contributed by atoms with E-state index < -0.39 is 12.2 Å². The van der Waals surface area contributed by atoms with Crippen molar-refractivity contribution in [3.63, 3.8) is 0 Å². The van der Waals surface area contributed by atoms with Crippen LogP contribution in [0.5, 0.6) is 0 Å². The van der Waals surface area contributed by atoms with E-state index in [2.05, 4.69) is 34.1 Å². The van der Waals surface area contributed by atoms with Gasteiger partial charge in [0.05, 0.1) is 13.2 Å². The number of aliphatic hydroxyl groups is 2. The molecule has 232 valence electrons. The van der Waals surface area contributed by atoms with E-state index in [0.717, 1.165) is 26.2 Å². The van der Waals surface area contributed by atoms with Crippen LogP contribution in [-0.2, 0) is 22.6 Å². The molecule has 0 aromatic heterocycles. The van der Waals surface area contributed by atoms with Crippen molar-refractivity contribution < 1.29 is 28.5 Å². The highest BCUT2D eigenvalue weighted by Gasteiger charge is 2.29. The van der Waals surface area contributed by atoms with E-state index in [1.165, 1.54) is 35.4 Å². The molecule has 0 unspecified atom stereocenters. The zero-order chi connectivity index (χ0) is 30.7. The Labute approximate surface area is 258 Å². The van der Waals surface area contributed by atoms with Gasteiger partial charge in [-0.25, -0.2) is 8.78 Å². The molecule has 0 aliphatic carbocycles. The number of hydrogen-bond acceptors (Lipinski definition) is 6. The van der Waals surface area contributed by atoms with E-state index >= 15 is 0 Å². The van der Waals surface area contributed by atoms with Gasteiger partial charge in [0.15, 0.2) is 0 Å². The van der Waals surface area contributed by atoms with E-state index in [9.17, 15) is 19.0 Å². The van der Waals surface area contributed by atoms with E-state index in [1.807, 2.05) is 36.4 Å². The first-order valence-corrected chi connectivity index (χ1v) is 15.1. The molecule has 2 heterocycles. The molecule has 4 aromatic carbocycles. The molecule has 2 fully saturated rings. The van der Waals surface area contributed by atoms with Crippen LogP contribution in [0.4, 0.5) is 8.78 Å². The highest BCUT2D eigenvalue weighted by Crippen LogP contribution is 2.25. The lowest BCUT2D eigenvalue weighted by Gasteiger charge is -2.35. The first-order chi connectivity index (χ1) is 21.4. The maximum Gasteiger partial charge on any atom is 0.123 e. The van der Waals surface area contributed by atoms with Crippen molar-refractivity contribution in [3.05, 3.63) is 143 Å². The van der Waals surface area contributed by atoms with Gasteiger partial charge in [0.1, 0.15) is 36.1 Å². The second kappa shape index (κ2) is 16.0. The van der Waals surface area contributed by atoms with Crippen LogP contribution in [-0.4, -0.2) is 71.6 Å². The summed E-state index contributed by atoms with van der Waals surface area (Å²) < 4.78 is 38.0. The summed E-state index contributed by atoms with van der Waals surface area (Å²) in [6, 6.07) is 32.6. The van der Waals surface area contributed by atoms with Gasteiger partial charge >= 0.3 is 0 Å². The summed E-state index contributed by atoms with van der Waals surface area (Å²) in [5.41, 5.74) is 3.60. The first-order valence-electron chi connectivity index (χ1n) is 15.1. The number of hydrogen-bond donors (Lipinski definition) is 2. The minimum Gasteiger partial charge on any atom is -0.386 e. The van der Waals surface area contributed by atoms with Crippen LogP contribution in [0.1, 0.15) is 34.5 Å². The van der Waals surface area contributed by atoms with E-state index in [4.69, 9.17) is 9.47 Å². The van der Waals surface area contributed by atoms with E-state index in [0.29, 0.717) is 37.4 Å². The zero-order valence-electron chi connectivity index (χ0n) is 24.7. The molecule has 0 radical (unpaired) electrons. The Hall–Kier alpha value is -3.50. The van der Waals surface area contributed by atoms with Crippen molar-refractivity contribution in [3.8, 4) is 0 Å². The van der Waals surface area contributed by atoms with Crippen molar-refractivity contribution in [1.29, 1.82) is 0 Å². The Balaban J connectivity index is 0.000000175. The fourth-order valence-electron chi connectivity index (χ4n) is 5.63. The predicted molar refractivity (Wildman–Crippen MR) is 166 cm³/mol. The minimum absolute atomic E-state index is 0.334. The van der Waals surface area contributed by atoms with Crippen LogP contribution in [0.3, 0.4) is 0 Å². The number of halogens is 2. The van der Waals surface area contributed by atoms with Crippen LogP contribution in [0.15, 0.2) is 109 Å². The largest absolute Gasteiger partial charge is 0.386 e. The average molecular weight is 603 g/mol. The monoisotopic (exact) mass is 602 g/mol. The molecule has 44 heavy (non-hydrogen) atoms. The summed E-state index contributed by atoms with van der Waals surface area (Å²) in [6.07, 6.45) is -2.29. The van der Waals surface area contributed by atoms with Gasteiger partial charge in [0.2, 0.25) is 0 Å². The van der Waals surface area contributed by atoms with Gasteiger partial charge in [-0.2, -0.15) is 0 Å². The second-order valence-electron chi connectivity index (χ2n) is 11.3. The third-order valence-corrected chi connectivity index (χ3v) is 7.94. The standard InChI is InChI=1S/2C18H20FNO2/c2*19-16-8-4-7-15(11-16)18(21)17-13-20(9-10-22-17)12-14-5-2-1-3-6-14/h2*1-8,11,17-18,21H,9-10,12-13H2/t2*17-,18+/m10/s1. The predicted octanol–water partition coefficient (Wildman–Crippen LogP) is 5.52. The van der Waals surface area contributed by atoms with Gasteiger partial charge in [0, 0.05) is 39.3 Å². The van der Waals surface area contributed by atoms with Crippen molar-refractivity contribution in [2.75, 3.05) is 39.4 Å². The highest BCUT2D eigenvalue weighted by molar-refractivity contribution is 5.21. The van der Waals surface area contributed by atoms with Crippen LogP contribution in [0.25, 0.3) is 0 Å². The van der Waals surface area contributed by atoms with Crippen molar-refractivity contribution >= 4 is 0 Å². The van der Waals surface area contributed by atoms with Crippen molar-refractivity contribution in [2.24, 2.45) is 0 Å². The SMILES string of the molecule is O[C@@H](c1cccc(F)c1)[C@H]1CN(Cc2ccccc2)CCO1.O[C@H](c1cccc(F)c1)[C@@H]1CN(Cc2ccccc2)CCO1. The molecule has 2 aliphatic rings. The number of benzene rings is 4. The van der Waals surface area contributed by atoms with E-state index in [1.54, 1.807) is 24.3 Å². The number of ether oxygens (including phenoxy) is 2. The van der Waals surface area contributed by atoms with Crippen molar-refractivity contribution in [2.45, 2.75) is 37.5 Å². The summed E-state index contributed by atoms with van der Waals surface area (Å²) in [5, 5.41) is 20.9. The molecule has 6 rings (SSSR count). The Bertz CT molecular complexity index is 1320. The van der Waals surface area contributed by atoms with Gasteiger partial charge in [-0.05, 0) is 46.5 Å². The lowest BCUT2D eigenvalue weighted by atomic mass is 10.0. The van der Waals surface area contributed by atoms with Crippen LogP contribution in [0.2, 0.25) is 0 Å². The summed E-state index contributed by atoms with van der Waals surface area (Å²) in [4.78, 5) is 4.51. The topological polar surface area (TPSA) is 65.4 Å². The third-order valence-electron chi connectivity index (χ3n) is 7.94. The van der Waals surface area contributed by atoms with Gasteiger partial charge in [-0.1, -0.05) is 84.9 Å². The molecule has 0 bridgehead atoms. The molecule has 4 aromatic rings. The van der Waals surface area contributed by atoms with Gasteiger partial charge < -0.3 is 19.7 Å². The smallest absolute Gasteiger partial charge is 0.123 e. The van der Waals surface area contributed by atoms with Crippen LogP contribution >= 0.6 is 0 Å². The first kappa shape index (κ1) is 31.9. The Morgan fingerprint density at radius 3 is 1.39 bits per heavy atom. The second-order valence-corrected chi connectivity index (χ2v) is 11.3. The Kier molecular flexibility index (Phi) is 11.6. The highest BCUT2D eigenvalue weighted by atomic mass is 19.1. The summed E-state index contributed by atoms with van der Waals surface area (Å²) in [7, 11) is 0. The lowest BCUT2D eigenvalue weighted by molar-refractivity contribution is -0.0919. The molecule has 2 aliphatic heterocycles. The lowest BCUT2D eigenvalue weighted by Crippen LogP contribution is -2.44. The molecule has 2 N–H and O–H groups in total. The third kappa shape index (κ3) is 9.25. The van der Waals surface area contributed by atoms with Crippen molar-refractivity contribution in [1.82, 2.24) is 9.80 Å². The molecular weight excluding hydrogens is 562 g/mol. The van der Waals surface area contributed by atoms with Gasteiger partial charge in [0.25, 0.3) is 0 Å². The maximum atomic E-state index is 13.3.